The number of halogens is 1. The number of carbonyl (C=O) groups is 2. The van der Waals surface area contributed by atoms with Gasteiger partial charge in [-0.15, -0.1) is 0 Å². The van der Waals surface area contributed by atoms with Gasteiger partial charge in [-0.3, -0.25) is 15.0 Å². The second-order valence-electron chi connectivity index (χ2n) is 6.23. The number of amides is 2. The Morgan fingerprint density at radius 1 is 1.14 bits per heavy atom. The zero-order chi connectivity index (χ0) is 19.7. The molecule has 142 valence electrons. The number of hydrogen-bond acceptors (Lipinski definition) is 7. The molecule has 0 saturated carbocycles. The third-order valence-electron chi connectivity index (χ3n) is 4.42. The number of hydrogen-bond donors (Lipinski definition) is 1. The van der Waals surface area contributed by atoms with E-state index in [4.69, 9.17) is 4.74 Å². The summed E-state index contributed by atoms with van der Waals surface area (Å²) in [5, 5.41) is 10.8. The molecule has 0 bridgehead atoms. The zero-order valence-corrected chi connectivity index (χ0v) is 14.7. The van der Waals surface area contributed by atoms with Gasteiger partial charge in [-0.05, 0) is 24.3 Å². The van der Waals surface area contributed by atoms with E-state index in [1.165, 1.54) is 24.3 Å². The molecule has 9 nitrogen and oxygen atoms in total. The van der Waals surface area contributed by atoms with Gasteiger partial charge in [0.25, 0.3) is 11.9 Å². The first-order valence-electron chi connectivity index (χ1n) is 8.60. The van der Waals surface area contributed by atoms with Gasteiger partial charge in [-0.2, -0.15) is 15.3 Å². The van der Waals surface area contributed by atoms with Crippen molar-refractivity contribution in [3.05, 3.63) is 35.6 Å². The average Bonchev–Trinajstić information content (AvgIpc) is 3.06. The lowest BCUT2D eigenvalue weighted by molar-refractivity contribution is -0.122. The summed E-state index contributed by atoms with van der Waals surface area (Å²) in [6.07, 6.45) is -0.303. The number of rotatable bonds is 3. The largest absolute Gasteiger partial charge is 0.378 e. The summed E-state index contributed by atoms with van der Waals surface area (Å²) >= 11 is 0. The summed E-state index contributed by atoms with van der Waals surface area (Å²) in [4.78, 5) is 34.3. The maximum absolute atomic E-state index is 13.4. The first-order chi connectivity index (χ1) is 13.6. The Balaban J connectivity index is 1.89. The van der Waals surface area contributed by atoms with Crippen LogP contribution in [0.4, 0.5) is 16.2 Å². The van der Waals surface area contributed by atoms with E-state index < -0.39 is 17.6 Å². The second kappa shape index (κ2) is 7.21. The lowest BCUT2D eigenvalue weighted by atomic mass is 10.1. The Morgan fingerprint density at radius 2 is 1.86 bits per heavy atom. The van der Waals surface area contributed by atoms with Crippen LogP contribution in [0.3, 0.4) is 0 Å². The number of aromatic nitrogens is 2. The van der Waals surface area contributed by atoms with E-state index in [2.05, 4.69) is 21.5 Å². The summed E-state index contributed by atoms with van der Waals surface area (Å²) in [5.41, 5.74) is 3.36. The lowest BCUT2D eigenvalue weighted by Crippen LogP contribution is -2.40. The SMILES string of the molecule is N#Cc1c(-c2ccc(F)cc2)nc(N2NC(=O)CC2=O)nc1N1CCOCC1. The van der Waals surface area contributed by atoms with Crippen molar-refractivity contribution in [2.45, 2.75) is 6.42 Å². The molecule has 1 N–H and O–H groups in total. The van der Waals surface area contributed by atoms with Crippen LogP contribution >= 0.6 is 0 Å². The number of nitrogens with one attached hydrogen (secondary N) is 1. The third kappa shape index (κ3) is 3.23. The van der Waals surface area contributed by atoms with Gasteiger partial charge < -0.3 is 9.64 Å². The van der Waals surface area contributed by atoms with Crippen molar-refractivity contribution >= 4 is 23.6 Å². The second-order valence-corrected chi connectivity index (χ2v) is 6.23. The standard InChI is InChI=1S/C18H15FN6O3/c19-12-3-1-11(2-4-12)16-13(10-20)17(24-5-7-28-8-6-24)22-18(21-16)25-15(27)9-14(26)23-25/h1-4H,5-9H2,(H,23,26). The molecule has 2 fully saturated rings. The molecule has 3 heterocycles. The molecule has 0 radical (unpaired) electrons. The molecule has 10 heteroatoms. The maximum atomic E-state index is 13.4. The van der Waals surface area contributed by atoms with E-state index in [1.807, 2.05) is 4.90 Å². The number of carbonyl (C=O) groups excluding carboxylic acids is 2. The van der Waals surface area contributed by atoms with Crippen molar-refractivity contribution in [2.75, 3.05) is 36.2 Å². The van der Waals surface area contributed by atoms with Crippen LogP contribution in [0.1, 0.15) is 12.0 Å². The molecule has 1 aromatic carbocycles. The molecular weight excluding hydrogens is 367 g/mol. The number of morpholine rings is 1. The minimum Gasteiger partial charge on any atom is -0.378 e. The van der Waals surface area contributed by atoms with Crippen molar-refractivity contribution in [2.24, 2.45) is 0 Å². The Hall–Kier alpha value is -3.58. The average molecular weight is 382 g/mol. The molecule has 4 rings (SSSR count). The topological polar surface area (TPSA) is 111 Å². The van der Waals surface area contributed by atoms with Gasteiger partial charge in [0.1, 0.15) is 23.9 Å². The summed E-state index contributed by atoms with van der Waals surface area (Å²) in [6.45, 7) is 1.95. The summed E-state index contributed by atoms with van der Waals surface area (Å²) in [5.74, 6) is -1.09. The van der Waals surface area contributed by atoms with E-state index in [0.29, 0.717) is 37.7 Å². The van der Waals surface area contributed by atoms with Crippen LogP contribution in [0.15, 0.2) is 24.3 Å². The van der Waals surface area contributed by atoms with Crippen molar-refractivity contribution in [3.63, 3.8) is 0 Å². The van der Waals surface area contributed by atoms with Crippen molar-refractivity contribution in [1.82, 2.24) is 15.4 Å². The van der Waals surface area contributed by atoms with Crippen LogP contribution < -0.4 is 15.3 Å². The molecule has 2 aliphatic rings. The quantitative estimate of drug-likeness (QED) is 0.780. The Morgan fingerprint density at radius 3 is 2.46 bits per heavy atom. The summed E-state index contributed by atoms with van der Waals surface area (Å²) in [7, 11) is 0. The van der Waals surface area contributed by atoms with Crippen LogP contribution in [0.2, 0.25) is 0 Å². The van der Waals surface area contributed by atoms with Crippen molar-refractivity contribution in [1.29, 1.82) is 5.26 Å². The fraction of sp³-hybridized carbons (Fsp3) is 0.278. The molecule has 2 saturated heterocycles. The van der Waals surface area contributed by atoms with Crippen molar-refractivity contribution in [3.8, 4) is 17.3 Å². The van der Waals surface area contributed by atoms with Crippen LogP contribution in [-0.2, 0) is 14.3 Å². The molecule has 2 amide bonds. The van der Waals surface area contributed by atoms with E-state index in [9.17, 15) is 19.2 Å². The fourth-order valence-corrected chi connectivity index (χ4v) is 3.07. The molecule has 2 aromatic rings. The third-order valence-corrected chi connectivity index (χ3v) is 4.42. The van der Waals surface area contributed by atoms with Crippen molar-refractivity contribution < 1.29 is 18.7 Å². The summed E-state index contributed by atoms with van der Waals surface area (Å²) in [6, 6.07) is 7.63. The number of anilines is 2. The first kappa shape index (κ1) is 17.8. The molecular formula is C18H15FN6O3. The highest BCUT2D eigenvalue weighted by atomic mass is 19.1. The lowest BCUT2D eigenvalue weighted by Gasteiger charge is -2.29. The molecule has 0 aliphatic carbocycles. The van der Waals surface area contributed by atoms with E-state index in [1.54, 1.807) is 0 Å². The van der Waals surface area contributed by atoms with E-state index >= 15 is 0 Å². The Labute approximate surface area is 159 Å². The fourth-order valence-electron chi connectivity index (χ4n) is 3.07. The van der Waals surface area contributed by atoms with Gasteiger partial charge in [-0.25, -0.2) is 9.37 Å². The zero-order valence-electron chi connectivity index (χ0n) is 14.7. The molecule has 28 heavy (non-hydrogen) atoms. The number of nitrogens with zero attached hydrogens (tertiary/aromatic N) is 5. The van der Waals surface area contributed by atoms with Gasteiger partial charge in [0.15, 0.2) is 5.82 Å². The van der Waals surface area contributed by atoms with E-state index in [-0.39, 0.29) is 23.6 Å². The van der Waals surface area contributed by atoms with E-state index in [0.717, 1.165) is 5.01 Å². The van der Waals surface area contributed by atoms with Crippen LogP contribution in [0.25, 0.3) is 11.3 Å². The summed E-state index contributed by atoms with van der Waals surface area (Å²) < 4.78 is 18.7. The minimum absolute atomic E-state index is 0.0457. The van der Waals surface area contributed by atoms with Gasteiger partial charge in [-0.1, -0.05) is 0 Å². The molecule has 0 atom stereocenters. The number of benzene rings is 1. The minimum atomic E-state index is -0.493. The molecule has 2 aliphatic heterocycles. The van der Waals surface area contributed by atoms with Crippen LogP contribution in [0, 0.1) is 17.1 Å². The predicted molar refractivity (Wildman–Crippen MR) is 95.4 cm³/mol. The Bertz CT molecular complexity index is 982. The monoisotopic (exact) mass is 382 g/mol. The highest BCUT2D eigenvalue weighted by molar-refractivity contribution is 6.11. The van der Waals surface area contributed by atoms with Crippen LogP contribution in [0.5, 0.6) is 0 Å². The van der Waals surface area contributed by atoms with Gasteiger partial charge in [0, 0.05) is 18.7 Å². The number of ether oxygens (including phenoxy) is 1. The van der Waals surface area contributed by atoms with Gasteiger partial charge in [0.05, 0.1) is 18.9 Å². The Kier molecular flexibility index (Phi) is 4.58. The number of hydrazine groups is 1. The smallest absolute Gasteiger partial charge is 0.257 e. The van der Waals surface area contributed by atoms with Gasteiger partial charge >= 0.3 is 0 Å². The number of nitriles is 1. The maximum Gasteiger partial charge on any atom is 0.257 e. The molecule has 1 aromatic heterocycles. The molecule has 0 unspecified atom stereocenters. The normalized spacial score (nSPS) is 16.9. The first-order valence-corrected chi connectivity index (χ1v) is 8.60. The highest BCUT2D eigenvalue weighted by Crippen LogP contribution is 2.31. The molecule has 0 spiro atoms. The van der Waals surface area contributed by atoms with Crippen LogP contribution in [-0.4, -0.2) is 48.1 Å². The van der Waals surface area contributed by atoms with Gasteiger partial charge in [0.2, 0.25) is 5.91 Å². The highest BCUT2D eigenvalue weighted by Gasteiger charge is 2.32. The predicted octanol–water partition coefficient (Wildman–Crippen LogP) is 0.759.